The van der Waals surface area contributed by atoms with Crippen LogP contribution in [0.2, 0.25) is 0 Å². The van der Waals surface area contributed by atoms with Crippen LogP contribution in [0, 0.1) is 6.92 Å². The number of amides is 4. The van der Waals surface area contributed by atoms with Crippen molar-refractivity contribution < 1.29 is 18.9 Å². The molecule has 1 saturated heterocycles. The van der Waals surface area contributed by atoms with E-state index < -0.39 is 11.6 Å². The first-order valence-corrected chi connectivity index (χ1v) is 8.24. The zero-order chi connectivity index (χ0) is 17.3. The lowest BCUT2D eigenvalue weighted by molar-refractivity contribution is -0.131. The topological polar surface area (TPSA) is 105 Å². The van der Waals surface area contributed by atoms with Crippen LogP contribution >= 0.6 is 11.3 Å². The summed E-state index contributed by atoms with van der Waals surface area (Å²) in [7, 11) is 0. The molecule has 3 heterocycles. The van der Waals surface area contributed by atoms with Crippen molar-refractivity contribution in [3.63, 3.8) is 0 Å². The van der Waals surface area contributed by atoms with Crippen molar-refractivity contribution >= 4 is 35.0 Å². The molecule has 8 nitrogen and oxygen atoms in total. The van der Waals surface area contributed by atoms with Crippen LogP contribution < -0.4 is 10.6 Å². The van der Waals surface area contributed by atoms with Crippen molar-refractivity contribution in [3.05, 3.63) is 34.2 Å². The van der Waals surface area contributed by atoms with Gasteiger partial charge < -0.3 is 15.2 Å². The molecule has 2 aromatic rings. The summed E-state index contributed by atoms with van der Waals surface area (Å²) in [6, 6.07) is 2.88. The molecular weight excluding hydrogens is 332 g/mol. The number of urea groups is 1. The molecule has 1 aliphatic rings. The Balaban J connectivity index is 1.62. The lowest BCUT2D eigenvalue weighted by Gasteiger charge is -2.20. The summed E-state index contributed by atoms with van der Waals surface area (Å²) < 4.78 is 4.85. The molecule has 0 aliphatic carbocycles. The van der Waals surface area contributed by atoms with Gasteiger partial charge in [0.2, 0.25) is 5.91 Å². The van der Waals surface area contributed by atoms with Crippen molar-refractivity contribution in [2.24, 2.45) is 0 Å². The zero-order valence-corrected chi connectivity index (χ0v) is 14.0. The first kappa shape index (κ1) is 16.2. The van der Waals surface area contributed by atoms with E-state index >= 15 is 0 Å². The lowest BCUT2D eigenvalue weighted by Crippen LogP contribution is -2.40. The third-order valence-electron chi connectivity index (χ3n) is 3.83. The van der Waals surface area contributed by atoms with Crippen LogP contribution in [0.25, 0.3) is 0 Å². The summed E-state index contributed by atoms with van der Waals surface area (Å²) in [5.74, 6) is 0.160. The smallest absolute Gasteiger partial charge is 0.325 e. The summed E-state index contributed by atoms with van der Waals surface area (Å²) in [5, 5.41) is 12.6. The molecule has 126 valence electrons. The van der Waals surface area contributed by atoms with Crippen LogP contribution in [0.3, 0.4) is 0 Å². The van der Waals surface area contributed by atoms with Gasteiger partial charge in [-0.15, -0.1) is 0 Å². The fourth-order valence-electron chi connectivity index (χ4n) is 2.49. The van der Waals surface area contributed by atoms with E-state index in [9.17, 15) is 14.4 Å². The SMILES string of the molecule is Cc1cc(NC(=O)CCN2C(=O)N[C@](C)(c3ccsc3)C2=O)no1. The number of aromatic nitrogens is 1. The van der Waals surface area contributed by atoms with Gasteiger partial charge in [0.05, 0.1) is 0 Å². The average Bonchev–Trinajstić information content (AvgIpc) is 3.22. The van der Waals surface area contributed by atoms with Crippen LogP contribution in [0.15, 0.2) is 27.4 Å². The molecule has 0 radical (unpaired) electrons. The number of carbonyl (C=O) groups excluding carboxylic acids is 3. The second-order valence-corrected chi connectivity index (χ2v) is 6.42. The number of rotatable bonds is 5. The van der Waals surface area contributed by atoms with E-state index in [-0.39, 0.29) is 24.8 Å². The van der Waals surface area contributed by atoms with Gasteiger partial charge in [0.1, 0.15) is 11.3 Å². The van der Waals surface area contributed by atoms with Crippen molar-refractivity contribution in [2.75, 3.05) is 11.9 Å². The average molecular weight is 348 g/mol. The van der Waals surface area contributed by atoms with Gasteiger partial charge in [-0.25, -0.2) is 4.79 Å². The van der Waals surface area contributed by atoms with Gasteiger partial charge in [-0.3, -0.25) is 14.5 Å². The summed E-state index contributed by atoms with van der Waals surface area (Å²) in [6.07, 6.45) is -0.0230. The standard InChI is InChI=1S/C15H16N4O4S/c1-9-7-11(18-23-9)16-12(20)3-5-19-13(21)15(2,17-14(19)22)10-4-6-24-8-10/h4,6-8H,3,5H2,1-2H3,(H,17,22)(H,16,18,20)/t15-/m1/s1. The number of hydrogen-bond acceptors (Lipinski definition) is 6. The molecule has 0 spiro atoms. The van der Waals surface area contributed by atoms with Crippen molar-refractivity contribution in [2.45, 2.75) is 25.8 Å². The van der Waals surface area contributed by atoms with Crippen LogP contribution in [0.4, 0.5) is 10.6 Å². The third kappa shape index (κ3) is 2.90. The van der Waals surface area contributed by atoms with Gasteiger partial charge >= 0.3 is 6.03 Å². The first-order valence-electron chi connectivity index (χ1n) is 7.30. The van der Waals surface area contributed by atoms with E-state index in [4.69, 9.17) is 4.52 Å². The summed E-state index contributed by atoms with van der Waals surface area (Å²) >= 11 is 1.45. The minimum Gasteiger partial charge on any atom is -0.360 e. The number of thiophene rings is 1. The first-order chi connectivity index (χ1) is 11.4. The molecule has 0 saturated carbocycles. The van der Waals surface area contributed by atoms with Crippen molar-refractivity contribution in [3.8, 4) is 0 Å². The molecule has 24 heavy (non-hydrogen) atoms. The summed E-state index contributed by atoms with van der Waals surface area (Å²) in [6.45, 7) is 3.36. The Bertz CT molecular complexity index is 785. The minimum atomic E-state index is -1.09. The van der Waals surface area contributed by atoms with E-state index in [1.165, 1.54) is 11.3 Å². The largest absolute Gasteiger partial charge is 0.360 e. The van der Waals surface area contributed by atoms with Crippen LogP contribution in [0.1, 0.15) is 24.7 Å². The zero-order valence-electron chi connectivity index (χ0n) is 13.2. The molecule has 0 bridgehead atoms. The second kappa shape index (κ2) is 6.08. The number of nitrogens with zero attached hydrogens (tertiary/aromatic N) is 2. The fraction of sp³-hybridized carbons (Fsp3) is 0.333. The molecule has 0 unspecified atom stereocenters. The van der Waals surface area contributed by atoms with Crippen molar-refractivity contribution in [1.82, 2.24) is 15.4 Å². The fourth-order valence-corrected chi connectivity index (χ4v) is 3.25. The number of nitrogens with one attached hydrogen (secondary N) is 2. The molecule has 1 atom stereocenters. The van der Waals surface area contributed by atoms with Gasteiger partial charge in [-0.1, -0.05) is 5.16 Å². The predicted octanol–water partition coefficient (Wildman–Crippen LogP) is 1.84. The number of anilines is 1. The molecular formula is C15H16N4O4S. The highest BCUT2D eigenvalue weighted by atomic mass is 32.1. The van der Waals surface area contributed by atoms with Gasteiger partial charge in [-0.05, 0) is 36.2 Å². The highest BCUT2D eigenvalue weighted by Gasteiger charge is 2.49. The number of imide groups is 1. The maximum atomic E-state index is 12.6. The van der Waals surface area contributed by atoms with E-state index in [1.807, 2.05) is 10.8 Å². The summed E-state index contributed by atoms with van der Waals surface area (Å²) in [5.41, 5.74) is -0.354. The maximum Gasteiger partial charge on any atom is 0.325 e. The van der Waals surface area contributed by atoms with E-state index in [0.717, 1.165) is 10.5 Å². The molecule has 0 aromatic carbocycles. The molecule has 1 aliphatic heterocycles. The normalized spacial score (nSPS) is 20.3. The molecule has 3 rings (SSSR count). The highest BCUT2D eigenvalue weighted by molar-refractivity contribution is 7.08. The van der Waals surface area contributed by atoms with E-state index in [2.05, 4.69) is 15.8 Å². The molecule has 1 fully saturated rings. The highest BCUT2D eigenvalue weighted by Crippen LogP contribution is 2.30. The monoisotopic (exact) mass is 348 g/mol. The van der Waals surface area contributed by atoms with Gasteiger partial charge in [0.25, 0.3) is 5.91 Å². The third-order valence-corrected chi connectivity index (χ3v) is 4.51. The predicted molar refractivity (Wildman–Crippen MR) is 86.4 cm³/mol. The Kier molecular flexibility index (Phi) is 4.10. The molecule has 9 heteroatoms. The Labute approximate surface area is 141 Å². The summed E-state index contributed by atoms with van der Waals surface area (Å²) in [4.78, 5) is 37.7. The Morgan fingerprint density at radius 1 is 1.50 bits per heavy atom. The van der Waals surface area contributed by atoms with Gasteiger partial charge in [0.15, 0.2) is 5.82 Å². The number of carbonyl (C=O) groups is 3. The quantitative estimate of drug-likeness (QED) is 0.802. The Hall–Kier alpha value is -2.68. The van der Waals surface area contributed by atoms with Gasteiger partial charge in [-0.2, -0.15) is 11.3 Å². The van der Waals surface area contributed by atoms with E-state index in [1.54, 1.807) is 26.0 Å². The lowest BCUT2D eigenvalue weighted by atomic mass is 9.95. The number of hydrogen-bond donors (Lipinski definition) is 2. The maximum absolute atomic E-state index is 12.6. The molecule has 2 aromatic heterocycles. The van der Waals surface area contributed by atoms with Crippen LogP contribution in [0.5, 0.6) is 0 Å². The minimum absolute atomic E-state index is 0.00688. The second-order valence-electron chi connectivity index (χ2n) is 5.64. The van der Waals surface area contributed by atoms with E-state index in [0.29, 0.717) is 11.6 Å². The van der Waals surface area contributed by atoms with Crippen LogP contribution in [-0.4, -0.2) is 34.4 Å². The van der Waals surface area contributed by atoms with Gasteiger partial charge in [0, 0.05) is 19.0 Å². The Morgan fingerprint density at radius 3 is 2.92 bits per heavy atom. The van der Waals surface area contributed by atoms with Crippen LogP contribution in [-0.2, 0) is 15.1 Å². The molecule has 4 amide bonds. The number of aryl methyl sites for hydroxylation is 1. The van der Waals surface area contributed by atoms with Crippen molar-refractivity contribution in [1.29, 1.82) is 0 Å². The molecule has 2 N–H and O–H groups in total. The Morgan fingerprint density at radius 2 is 2.29 bits per heavy atom.